The summed E-state index contributed by atoms with van der Waals surface area (Å²) in [4.78, 5) is 38.2. The lowest BCUT2D eigenvalue weighted by atomic mass is 9.98. The zero-order chi connectivity index (χ0) is 24.7. The van der Waals surface area contributed by atoms with Gasteiger partial charge in [0.1, 0.15) is 6.54 Å². The molecule has 0 spiro atoms. The van der Waals surface area contributed by atoms with Gasteiger partial charge in [0, 0.05) is 5.70 Å². The van der Waals surface area contributed by atoms with Gasteiger partial charge in [-0.15, -0.1) is 0 Å². The monoisotopic (exact) mass is 490 g/mol. The number of hydrogen-bond acceptors (Lipinski definition) is 4. The number of urea groups is 1. The summed E-state index contributed by atoms with van der Waals surface area (Å²) >= 11 is 6.04. The molecule has 0 radical (unpaired) electrons. The first-order chi connectivity index (χ1) is 15.2. The van der Waals surface area contributed by atoms with Crippen LogP contribution in [0.3, 0.4) is 0 Å². The van der Waals surface area contributed by atoms with Gasteiger partial charge in [-0.25, -0.2) is 14.0 Å². The van der Waals surface area contributed by atoms with Gasteiger partial charge in [-0.3, -0.25) is 14.6 Å². The number of carbonyl (C=O) groups is 3. The highest BCUT2D eigenvalue weighted by Crippen LogP contribution is 2.35. The van der Waals surface area contributed by atoms with Crippen LogP contribution in [-0.2, 0) is 16.1 Å². The minimum absolute atomic E-state index is 0.131. The first-order valence-electron chi connectivity index (χ1n) is 9.68. The van der Waals surface area contributed by atoms with Crippen molar-refractivity contribution in [3.63, 3.8) is 0 Å². The summed E-state index contributed by atoms with van der Waals surface area (Å²) in [7, 11) is 0. The van der Waals surface area contributed by atoms with Crippen LogP contribution in [0.4, 0.5) is 22.4 Å². The number of alkyl halides is 3. The van der Waals surface area contributed by atoms with Crippen LogP contribution >= 0.6 is 11.6 Å². The molecule has 1 atom stereocenters. The fraction of sp³-hybridized carbons (Fsp3) is 0.381. The lowest BCUT2D eigenvalue weighted by molar-refractivity contribution is -0.160. The number of imide groups is 1. The van der Waals surface area contributed by atoms with E-state index in [0.29, 0.717) is 0 Å². The van der Waals surface area contributed by atoms with E-state index in [9.17, 15) is 31.9 Å². The maximum absolute atomic E-state index is 14.6. The van der Waals surface area contributed by atoms with Gasteiger partial charge in [0.2, 0.25) is 0 Å². The van der Waals surface area contributed by atoms with Gasteiger partial charge in [-0.05, 0) is 44.0 Å². The largest absolute Gasteiger partial charge is 0.478 e. The highest BCUT2D eigenvalue weighted by Gasteiger charge is 2.41. The molecule has 0 aromatic heterocycles. The lowest BCUT2D eigenvalue weighted by Gasteiger charge is -2.24. The van der Waals surface area contributed by atoms with Crippen molar-refractivity contribution in [3.05, 3.63) is 52.5 Å². The van der Waals surface area contributed by atoms with Gasteiger partial charge in [0.25, 0.3) is 5.91 Å². The molecule has 2 aliphatic rings. The van der Waals surface area contributed by atoms with E-state index >= 15 is 0 Å². The number of hydrogen-bond donors (Lipinski definition) is 1. The first kappa shape index (κ1) is 24.6. The summed E-state index contributed by atoms with van der Waals surface area (Å²) in [6, 6.07) is 1.41. The van der Waals surface area contributed by atoms with E-state index in [-0.39, 0.29) is 35.8 Å². The number of benzene rings is 1. The molecule has 1 saturated heterocycles. The standard InChI is InChI=1S/C21H19ClF4N2O5/c1-20(2,18(30)31)33-17-14(22)7-11(8-15(17)23)9-28-16(29)10-27(19(28)32)13-5-3-12(4-6-13)21(24,25)26/h3,5-8,12H,4,9-10H2,1-2H3,(H,30,31). The van der Waals surface area contributed by atoms with Crippen LogP contribution < -0.4 is 4.74 Å². The normalized spacial score (nSPS) is 19.2. The molecule has 1 fully saturated rings. The van der Waals surface area contributed by atoms with Gasteiger partial charge in [-0.2, -0.15) is 13.2 Å². The van der Waals surface area contributed by atoms with Gasteiger partial charge in [-0.1, -0.05) is 23.8 Å². The van der Waals surface area contributed by atoms with Crippen molar-refractivity contribution in [2.24, 2.45) is 5.92 Å². The molecule has 1 aliphatic carbocycles. The Morgan fingerprint density at radius 3 is 2.45 bits per heavy atom. The molecule has 1 N–H and O–H groups in total. The Balaban J connectivity index is 1.75. The van der Waals surface area contributed by atoms with Crippen molar-refractivity contribution < 1.29 is 41.8 Å². The third kappa shape index (κ3) is 5.13. The van der Waals surface area contributed by atoms with Crippen LogP contribution in [0.15, 0.2) is 36.1 Å². The van der Waals surface area contributed by atoms with Crippen molar-refractivity contribution in [1.82, 2.24) is 9.80 Å². The number of carbonyl (C=O) groups excluding carboxylic acids is 2. The molecule has 1 aromatic carbocycles. The van der Waals surface area contributed by atoms with Gasteiger partial charge in [0.05, 0.1) is 17.5 Å². The van der Waals surface area contributed by atoms with Crippen LogP contribution in [-0.4, -0.2) is 51.1 Å². The van der Waals surface area contributed by atoms with E-state index in [1.165, 1.54) is 26.0 Å². The summed E-state index contributed by atoms with van der Waals surface area (Å²) in [6.45, 7) is 1.69. The summed E-state index contributed by atoms with van der Waals surface area (Å²) in [5.41, 5.74) is -1.47. The Hall–Kier alpha value is -3.08. The Morgan fingerprint density at radius 1 is 1.27 bits per heavy atom. The van der Waals surface area contributed by atoms with E-state index in [4.69, 9.17) is 21.4 Å². The van der Waals surface area contributed by atoms with Crippen LogP contribution in [0, 0.1) is 11.7 Å². The summed E-state index contributed by atoms with van der Waals surface area (Å²) in [5.74, 6) is -5.12. The third-order valence-electron chi connectivity index (χ3n) is 5.14. The minimum Gasteiger partial charge on any atom is -0.478 e. The predicted octanol–water partition coefficient (Wildman–Crippen LogP) is 4.51. The smallest absolute Gasteiger partial charge is 0.395 e. The van der Waals surface area contributed by atoms with Gasteiger partial charge >= 0.3 is 18.2 Å². The molecule has 33 heavy (non-hydrogen) atoms. The molecular weight excluding hydrogens is 472 g/mol. The summed E-state index contributed by atoms with van der Waals surface area (Å²) in [5, 5.41) is 8.87. The molecule has 1 aromatic rings. The van der Waals surface area contributed by atoms with E-state index in [1.807, 2.05) is 0 Å². The number of allylic oxidation sites excluding steroid dienone is 3. The number of carboxylic acid groups (broad SMARTS) is 1. The molecule has 178 valence electrons. The average molecular weight is 491 g/mol. The van der Waals surface area contributed by atoms with Crippen molar-refractivity contribution in [2.45, 2.75) is 38.6 Å². The molecular formula is C21H19ClF4N2O5. The number of ether oxygens (including phenoxy) is 1. The number of nitrogens with zero attached hydrogens (tertiary/aromatic N) is 2. The quantitative estimate of drug-likeness (QED) is 0.468. The highest BCUT2D eigenvalue weighted by atomic mass is 35.5. The van der Waals surface area contributed by atoms with Crippen LogP contribution in [0.1, 0.15) is 25.8 Å². The van der Waals surface area contributed by atoms with E-state index in [2.05, 4.69) is 0 Å². The van der Waals surface area contributed by atoms with Crippen molar-refractivity contribution in [3.8, 4) is 5.75 Å². The van der Waals surface area contributed by atoms with Crippen molar-refractivity contribution in [1.29, 1.82) is 0 Å². The number of aliphatic carboxylic acids is 1. The molecule has 0 bridgehead atoms. The highest BCUT2D eigenvalue weighted by molar-refractivity contribution is 6.32. The fourth-order valence-corrected chi connectivity index (χ4v) is 3.50. The molecule has 1 unspecified atom stereocenters. The Bertz CT molecular complexity index is 1040. The average Bonchev–Trinajstić information content (AvgIpc) is 2.98. The minimum atomic E-state index is -4.41. The second-order valence-corrected chi connectivity index (χ2v) is 8.43. The van der Waals surface area contributed by atoms with Crippen molar-refractivity contribution in [2.75, 3.05) is 6.54 Å². The van der Waals surface area contributed by atoms with Crippen LogP contribution in [0.25, 0.3) is 0 Å². The number of amides is 3. The van der Waals surface area contributed by atoms with E-state index in [1.54, 1.807) is 0 Å². The topological polar surface area (TPSA) is 87.2 Å². The zero-order valence-electron chi connectivity index (χ0n) is 17.4. The summed E-state index contributed by atoms with van der Waals surface area (Å²) < 4.78 is 58.2. The number of carboxylic acids is 1. The zero-order valence-corrected chi connectivity index (χ0v) is 18.2. The summed E-state index contributed by atoms with van der Waals surface area (Å²) in [6.07, 6.45) is -1.46. The number of rotatable bonds is 6. The van der Waals surface area contributed by atoms with Crippen LogP contribution in [0.2, 0.25) is 5.02 Å². The predicted molar refractivity (Wildman–Crippen MR) is 108 cm³/mol. The molecule has 1 aliphatic heterocycles. The van der Waals surface area contributed by atoms with E-state index < -0.39 is 47.2 Å². The second-order valence-electron chi connectivity index (χ2n) is 8.03. The Kier molecular flexibility index (Phi) is 6.47. The fourth-order valence-electron chi connectivity index (χ4n) is 3.23. The molecule has 7 nitrogen and oxygen atoms in total. The maximum Gasteiger partial charge on any atom is 0.395 e. The maximum atomic E-state index is 14.6. The third-order valence-corrected chi connectivity index (χ3v) is 5.42. The van der Waals surface area contributed by atoms with Crippen LogP contribution in [0.5, 0.6) is 5.75 Å². The Morgan fingerprint density at radius 2 is 1.94 bits per heavy atom. The molecule has 1 heterocycles. The second kappa shape index (κ2) is 8.69. The molecule has 3 rings (SSSR count). The Labute approximate surface area is 190 Å². The molecule has 12 heteroatoms. The molecule has 0 saturated carbocycles. The van der Waals surface area contributed by atoms with Gasteiger partial charge < -0.3 is 9.84 Å². The van der Waals surface area contributed by atoms with Crippen molar-refractivity contribution >= 4 is 29.5 Å². The first-order valence-corrected chi connectivity index (χ1v) is 10.1. The molecule has 3 amide bonds. The van der Waals surface area contributed by atoms with Gasteiger partial charge in [0.15, 0.2) is 17.2 Å². The number of halogens is 5. The SMILES string of the molecule is CC(C)(Oc1c(F)cc(CN2C(=O)CN(C3=CCC(C(F)(F)F)C=C3)C2=O)cc1Cl)C(=O)O. The van der Waals surface area contributed by atoms with E-state index in [0.717, 1.165) is 28.0 Å². The lowest BCUT2D eigenvalue weighted by Crippen LogP contribution is -2.38.